The predicted octanol–water partition coefficient (Wildman–Crippen LogP) is 2.34. The predicted molar refractivity (Wildman–Crippen MR) is 62.7 cm³/mol. The molecule has 15 heavy (non-hydrogen) atoms. The molecule has 2 nitrogen and oxygen atoms in total. The first-order valence-corrected chi connectivity index (χ1v) is 5.28. The highest BCUT2D eigenvalue weighted by Gasteiger charge is 2.37. The van der Waals surface area contributed by atoms with E-state index in [1.54, 1.807) is 0 Å². The summed E-state index contributed by atoms with van der Waals surface area (Å²) in [6, 6.07) is 0.369. The fraction of sp³-hybridized carbons (Fsp3) is 0.462. The molecule has 1 unspecified atom stereocenters. The summed E-state index contributed by atoms with van der Waals surface area (Å²) in [5.74, 6) is 2.81. The van der Waals surface area contributed by atoms with Crippen LogP contribution in [0.3, 0.4) is 0 Å². The van der Waals surface area contributed by atoms with Gasteiger partial charge >= 0.3 is 0 Å². The average Bonchev–Trinajstić information content (AvgIpc) is 2.15. The molecule has 1 saturated heterocycles. The minimum absolute atomic E-state index is 0.369. The van der Waals surface area contributed by atoms with E-state index in [0.29, 0.717) is 11.8 Å². The number of fused-ring (bicyclic) bond motifs is 1. The van der Waals surface area contributed by atoms with Gasteiger partial charge in [0.2, 0.25) is 0 Å². The summed E-state index contributed by atoms with van der Waals surface area (Å²) in [7, 11) is 0. The van der Waals surface area contributed by atoms with Crippen molar-refractivity contribution in [3.63, 3.8) is 0 Å². The zero-order valence-corrected chi connectivity index (χ0v) is 9.52. The molecular formula is C13H16N2. The fourth-order valence-corrected chi connectivity index (χ4v) is 2.50. The lowest BCUT2D eigenvalue weighted by molar-refractivity contribution is 0.172. The molecule has 0 aromatic heterocycles. The lowest BCUT2D eigenvalue weighted by atomic mass is 9.82. The molecule has 2 heteroatoms. The number of nitrogens with zero attached hydrogens (tertiary/aromatic N) is 1. The van der Waals surface area contributed by atoms with Crippen molar-refractivity contribution in [1.29, 1.82) is 5.41 Å². The van der Waals surface area contributed by atoms with Gasteiger partial charge in [-0.1, -0.05) is 5.92 Å². The molecule has 0 aromatic rings. The molecule has 0 radical (unpaired) electrons. The van der Waals surface area contributed by atoms with Crippen LogP contribution in [0.15, 0.2) is 22.4 Å². The highest BCUT2D eigenvalue weighted by molar-refractivity contribution is 5.97. The maximum absolute atomic E-state index is 7.81. The number of hydrogen-bond donors (Lipinski definition) is 1. The number of rotatable bonds is 1. The van der Waals surface area contributed by atoms with Gasteiger partial charge < -0.3 is 10.3 Å². The zero-order chi connectivity index (χ0) is 11.2. The van der Waals surface area contributed by atoms with Crippen LogP contribution >= 0.6 is 0 Å². The van der Waals surface area contributed by atoms with Gasteiger partial charge in [-0.2, -0.15) is 0 Å². The van der Waals surface area contributed by atoms with Crippen molar-refractivity contribution in [1.82, 2.24) is 4.90 Å². The molecule has 0 aliphatic carbocycles. The SMILES string of the molecule is C#CC1=C(C)C(C)=C(C(C)=N)N2CCC12. The quantitative estimate of drug-likeness (QED) is 0.510. The van der Waals surface area contributed by atoms with Crippen molar-refractivity contribution in [2.75, 3.05) is 6.54 Å². The van der Waals surface area contributed by atoms with Gasteiger partial charge in [0.25, 0.3) is 0 Å². The molecule has 2 aliphatic heterocycles. The van der Waals surface area contributed by atoms with E-state index >= 15 is 0 Å². The van der Waals surface area contributed by atoms with Gasteiger partial charge in [0.1, 0.15) is 0 Å². The Morgan fingerprint density at radius 1 is 1.47 bits per heavy atom. The van der Waals surface area contributed by atoms with E-state index in [2.05, 4.69) is 24.7 Å². The van der Waals surface area contributed by atoms with E-state index in [4.69, 9.17) is 11.8 Å². The smallest absolute Gasteiger partial charge is 0.0641 e. The summed E-state index contributed by atoms with van der Waals surface area (Å²) in [6.07, 6.45) is 6.68. The minimum Gasteiger partial charge on any atom is -0.362 e. The van der Waals surface area contributed by atoms with E-state index in [1.165, 1.54) is 11.1 Å². The van der Waals surface area contributed by atoms with E-state index in [1.807, 2.05) is 6.92 Å². The monoisotopic (exact) mass is 200 g/mol. The molecule has 2 rings (SSSR count). The zero-order valence-electron chi connectivity index (χ0n) is 9.52. The second-order valence-electron chi connectivity index (χ2n) is 4.28. The van der Waals surface area contributed by atoms with Crippen LogP contribution in [0.4, 0.5) is 0 Å². The normalized spacial score (nSPS) is 24.7. The minimum atomic E-state index is 0.369. The second kappa shape index (κ2) is 3.27. The second-order valence-corrected chi connectivity index (χ2v) is 4.28. The van der Waals surface area contributed by atoms with Gasteiger partial charge in [-0.3, -0.25) is 0 Å². The van der Waals surface area contributed by atoms with Crippen LogP contribution in [-0.4, -0.2) is 23.2 Å². The van der Waals surface area contributed by atoms with E-state index in [0.717, 1.165) is 24.2 Å². The van der Waals surface area contributed by atoms with Crippen LogP contribution in [0, 0.1) is 17.8 Å². The summed E-state index contributed by atoms with van der Waals surface area (Å²) in [6.45, 7) is 7.02. The Hall–Kier alpha value is -1.49. The van der Waals surface area contributed by atoms with Crippen molar-refractivity contribution in [3.8, 4) is 12.3 Å². The molecule has 0 spiro atoms. The first-order valence-electron chi connectivity index (χ1n) is 5.28. The largest absolute Gasteiger partial charge is 0.362 e. The fourth-order valence-electron chi connectivity index (χ4n) is 2.50. The standard InChI is InChI=1S/C13H16N2/c1-5-11-8(2)9(3)13(10(4)14)15-7-6-12(11)15/h1,12,14H,6-7H2,2-4H3. The van der Waals surface area contributed by atoms with Crippen LogP contribution in [0.2, 0.25) is 0 Å². The average molecular weight is 200 g/mol. The molecular weight excluding hydrogens is 184 g/mol. The number of nitrogens with one attached hydrogen (secondary N) is 1. The highest BCUT2D eigenvalue weighted by atomic mass is 15.2. The Morgan fingerprint density at radius 3 is 2.53 bits per heavy atom. The Kier molecular flexibility index (Phi) is 2.19. The van der Waals surface area contributed by atoms with Gasteiger partial charge in [0.15, 0.2) is 0 Å². The van der Waals surface area contributed by atoms with Gasteiger partial charge in [-0.15, -0.1) is 6.42 Å². The summed E-state index contributed by atoms with van der Waals surface area (Å²) in [5, 5.41) is 7.81. The molecule has 1 fully saturated rings. The lowest BCUT2D eigenvalue weighted by Crippen LogP contribution is -2.51. The summed E-state index contributed by atoms with van der Waals surface area (Å²) >= 11 is 0. The van der Waals surface area contributed by atoms with E-state index in [-0.39, 0.29) is 0 Å². The number of allylic oxidation sites excluding steroid dienone is 3. The first-order chi connectivity index (χ1) is 7.07. The Bertz CT molecular complexity index is 432. The van der Waals surface area contributed by atoms with Crippen LogP contribution in [0.25, 0.3) is 0 Å². The van der Waals surface area contributed by atoms with Gasteiger partial charge in [-0.25, -0.2) is 0 Å². The molecule has 2 heterocycles. The van der Waals surface area contributed by atoms with Crippen LogP contribution in [0.1, 0.15) is 27.2 Å². The highest BCUT2D eigenvalue weighted by Crippen LogP contribution is 2.38. The van der Waals surface area contributed by atoms with Crippen molar-refractivity contribution in [2.45, 2.75) is 33.2 Å². The third kappa shape index (κ3) is 1.23. The molecule has 0 saturated carbocycles. The van der Waals surface area contributed by atoms with Crippen molar-refractivity contribution in [3.05, 3.63) is 22.4 Å². The first kappa shape index (κ1) is 10.0. The van der Waals surface area contributed by atoms with E-state index in [9.17, 15) is 0 Å². The summed E-state index contributed by atoms with van der Waals surface area (Å²) in [5.41, 5.74) is 5.21. The van der Waals surface area contributed by atoms with E-state index < -0.39 is 0 Å². The number of hydrogen-bond acceptors (Lipinski definition) is 2. The molecule has 1 N–H and O–H groups in total. The van der Waals surface area contributed by atoms with Crippen LogP contribution in [-0.2, 0) is 0 Å². The molecule has 78 valence electrons. The van der Waals surface area contributed by atoms with Crippen molar-refractivity contribution in [2.24, 2.45) is 0 Å². The molecule has 0 bridgehead atoms. The van der Waals surface area contributed by atoms with Gasteiger partial charge in [-0.05, 0) is 38.3 Å². The summed E-state index contributed by atoms with van der Waals surface area (Å²) in [4.78, 5) is 2.26. The van der Waals surface area contributed by atoms with Crippen LogP contribution in [0.5, 0.6) is 0 Å². The third-order valence-corrected chi connectivity index (χ3v) is 3.47. The van der Waals surface area contributed by atoms with Gasteiger partial charge in [0, 0.05) is 12.1 Å². The van der Waals surface area contributed by atoms with Crippen LogP contribution < -0.4 is 0 Å². The number of terminal acetylenes is 1. The van der Waals surface area contributed by atoms with Crippen molar-refractivity contribution >= 4 is 5.71 Å². The Morgan fingerprint density at radius 2 is 2.13 bits per heavy atom. The molecule has 0 aromatic carbocycles. The topological polar surface area (TPSA) is 27.1 Å². The third-order valence-electron chi connectivity index (χ3n) is 3.47. The Labute approximate surface area is 91.2 Å². The van der Waals surface area contributed by atoms with Gasteiger partial charge in [0.05, 0.1) is 17.5 Å². The maximum Gasteiger partial charge on any atom is 0.0641 e. The lowest BCUT2D eigenvalue weighted by Gasteiger charge is -2.48. The molecule has 2 aliphatic rings. The molecule has 0 amide bonds. The summed E-state index contributed by atoms with van der Waals surface area (Å²) < 4.78 is 0. The Balaban J connectivity index is 2.56. The van der Waals surface area contributed by atoms with Crippen molar-refractivity contribution < 1.29 is 0 Å². The maximum atomic E-state index is 7.81. The molecule has 1 atom stereocenters.